The molecule has 0 radical (unpaired) electrons. The maximum absolute atomic E-state index is 11.3. The van der Waals surface area contributed by atoms with Crippen molar-refractivity contribution in [1.29, 1.82) is 0 Å². The molecule has 1 heterocycles. The molecule has 0 saturated carbocycles. The van der Waals surface area contributed by atoms with E-state index in [1.807, 2.05) is 6.07 Å². The van der Waals surface area contributed by atoms with Gasteiger partial charge in [-0.2, -0.15) is 0 Å². The maximum atomic E-state index is 11.3. The van der Waals surface area contributed by atoms with Crippen molar-refractivity contribution < 1.29 is 4.79 Å². The van der Waals surface area contributed by atoms with Gasteiger partial charge in [0.05, 0.1) is 11.1 Å². The van der Waals surface area contributed by atoms with Gasteiger partial charge in [-0.3, -0.25) is 4.79 Å². The van der Waals surface area contributed by atoms with Crippen LogP contribution in [0.15, 0.2) is 18.2 Å². The highest BCUT2D eigenvalue weighted by Gasteiger charge is 2.10. The van der Waals surface area contributed by atoms with E-state index in [0.717, 1.165) is 31.7 Å². The van der Waals surface area contributed by atoms with Crippen LogP contribution >= 0.6 is 0 Å². The van der Waals surface area contributed by atoms with Gasteiger partial charge in [-0.05, 0) is 25.2 Å². The third kappa shape index (κ3) is 3.08. The molecule has 0 unspecified atom stereocenters. The fraction of sp³-hybridized carbons (Fsp3) is 0.429. The number of fused-ring (bicyclic) bond motifs is 1. The van der Waals surface area contributed by atoms with Crippen LogP contribution in [0.2, 0.25) is 0 Å². The Labute approximate surface area is 118 Å². The van der Waals surface area contributed by atoms with Crippen molar-refractivity contribution >= 4 is 22.9 Å². The van der Waals surface area contributed by atoms with Crippen molar-refractivity contribution in [3.8, 4) is 0 Å². The Morgan fingerprint density at radius 1 is 1.40 bits per heavy atom. The SMILES string of the molecule is CCN(CC)CCNc1nc2c(C(N)=O)cccc2[nH]1. The molecule has 4 N–H and O–H groups in total. The molecule has 6 nitrogen and oxygen atoms in total. The summed E-state index contributed by atoms with van der Waals surface area (Å²) in [6.07, 6.45) is 0. The van der Waals surface area contributed by atoms with Gasteiger partial charge in [-0.25, -0.2) is 4.98 Å². The second kappa shape index (κ2) is 6.38. The molecule has 1 amide bonds. The Morgan fingerprint density at radius 3 is 2.80 bits per heavy atom. The molecule has 0 atom stereocenters. The first-order valence-electron chi connectivity index (χ1n) is 6.90. The largest absolute Gasteiger partial charge is 0.366 e. The highest BCUT2D eigenvalue weighted by atomic mass is 16.1. The van der Waals surface area contributed by atoms with Crippen LogP contribution in [-0.2, 0) is 0 Å². The quantitative estimate of drug-likeness (QED) is 0.713. The number of primary amides is 1. The molecule has 0 aliphatic carbocycles. The average molecular weight is 275 g/mol. The van der Waals surface area contributed by atoms with Crippen molar-refractivity contribution in [3.05, 3.63) is 23.8 Å². The highest BCUT2D eigenvalue weighted by molar-refractivity contribution is 6.04. The molecule has 0 aliphatic rings. The lowest BCUT2D eigenvalue weighted by atomic mass is 10.2. The number of likely N-dealkylation sites (N-methyl/N-ethyl adjacent to an activating group) is 1. The third-order valence-electron chi connectivity index (χ3n) is 3.39. The van der Waals surface area contributed by atoms with E-state index >= 15 is 0 Å². The molecule has 0 fully saturated rings. The second-order valence-electron chi connectivity index (χ2n) is 4.61. The van der Waals surface area contributed by atoms with E-state index in [4.69, 9.17) is 5.73 Å². The lowest BCUT2D eigenvalue weighted by Crippen LogP contribution is -2.28. The smallest absolute Gasteiger partial charge is 0.250 e. The fourth-order valence-electron chi connectivity index (χ4n) is 2.19. The maximum Gasteiger partial charge on any atom is 0.250 e. The van der Waals surface area contributed by atoms with E-state index < -0.39 is 5.91 Å². The van der Waals surface area contributed by atoms with Gasteiger partial charge in [-0.15, -0.1) is 0 Å². The Balaban J connectivity index is 2.08. The molecule has 0 bridgehead atoms. The molecule has 0 aliphatic heterocycles. The molecule has 108 valence electrons. The normalized spacial score (nSPS) is 11.2. The van der Waals surface area contributed by atoms with Crippen molar-refractivity contribution in [3.63, 3.8) is 0 Å². The molecule has 0 saturated heterocycles. The number of aromatic amines is 1. The number of amides is 1. The van der Waals surface area contributed by atoms with Gasteiger partial charge in [0, 0.05) is 13.1 Å². The standard InChI is InChI=1S/C14H21N5O/c1-3-19(4-2)9-8-16-14-17-11-7-5-6-10(13(15)20)12(11)18-14/h5-7H,3-4,8-9H2,1-2H3,(H2,15,20)(H2,16,17,18). The van der Waals surface area contributed by atoms with Crippen molar-refractivity contribution in [2.75, 3.05) is 31.5 Å². The number of H-pyrrole nitrogens is 1. The molecule has 1 aromatic carbocycles. The van der Waals surface area contributed by atoms with E-state index in [-0.39, 0.29) is 0 Å². The zero-order valence-electron chi connectivity index (χ0n) is 11.9. The molecule has 0 spiro atoms. The number of carbonyl (C=O) groups excluding carboxylic acids is 1. The topological polar surface area (TPSA) is 87.0 Å². The summed E-state index contributed by atoms with van der Waals surface area (Å²) in [4.78, 5) is 21.2. The van der Waals surface area contributed by atoms with Gasteiger partial charge < -0.3 is 20.9 Å². The Hall–Kier alpha value is -2.08. The van der Waals surface area contributed by atoms with E-state index in [0.29, 0.717) is 17.0 Å². The van der Waals surface area contributed by atoms with Crippen LogP contribution in [0.1, 0.15) is 24.2 Å². The Bertz CT molecular complexity index is 588. The monoisotopic (exact) mass is 275 g/mol. The van der Waals surface area contributed by atoms with Crippen LogP contribution in [0.25, 0.3) is 11.0 Å². The van der Waals surface area contributed by atoms with E-state index in [2.05, 4.69) is 34.0 Å². The van der Waals surface area contributed by atoms with E-state index in [1.54, 1.807) is 12.1 Å². The number of hydrogen-bond acceptors (Lipinski definition) is 4. The number of hydrogen-bond donors (Lipinski definition) is 3. The summed E-state index contributed by atoms with van der Waals surface area (Å²) in [6.45, 7) is 8.10. The van der Waals surface area contributed by atoms with Crippen LogP contribution in [0, 0.1) is 0 Å². The summed E-state index contributed by atoms with van der Waals surface area (Å²) in [5.74, 6) is 0.206. The molecule has 2 rings (SSSR count). The number of imidazole rings is 1. The van der Waals surface area contributed by atoms with Crippen molar-refractivity contribution in [1.82, 2.24) is 14.9 Å². The second-order valence-corrected chi connectivity index (χ2v) is 4.61. The van der Waals surface area contributed by atoms with Crippen molar-refractivity contribution in [2.45, 2.75) is 13.8 Å². The first-order valence-corrected chi connectivity index (χ1v) is 6.90. The van der Waals surface area contributed by atoms with Gasteiger partial charge in [0.2, 0.25) is 5.95 Å². The summed E-state index contributed by atoms with van der Waals surface area (Å²) in [5, 5.41) is 3.24. The number of carbonyl (C=O) groups is 1. The molecule has 6 heteroatoms. The van der Waals surface area contributed by atoms with Gasteiger partial charge in [0.15, 0.2) is 0 Å². The van der Waals surface area contributed by atoms with Crippen LogP contribution in [-0.4, -0.2) is 47.0 Å². The number of para-hydroxylation sites is 1. The number of nitrogens with two attached hydrogens (primary N) is 1. The number of benzene rings is 1. The van der Waals surface area contributed by atoms with Gasteiger partial charge in [0.1, 0.15) is 5.52 Å². The first kappa shape index (κ1) is 14.3. The average Bonchev–Trinajstić information content (AvgIpc) is 2.85. The van der Waals surface area contributed by atoms with Crippen LogP contribution in [0.4, 0.5) is 5.95 Å². The third-order valence-corrected chi connectivity index (χ3v) is 3.39. The first-order chi connectivity index (χ1) is 9.65. The van der Waals surface area contributed by atoms with Gasteiger partial charge >= 0.3 is 0 Å². The Morgan fingerprint density at radius 2 is 2.15 bits per heavy atom. The summed E-state index contributed by atoms with van der Waals surface area (Å²) in [7, 11) is 0. The zero-order valence-corrected chi connectivity index (χ0v) is 11.9. The number of nitrogens with one attached hydrogen (secondary N) is 2. The molecule has 1 aromatic heterocycles. The minimum absolute atomic E-state index is 0.440. The lowest BCUT2D eigenvalue weighted by Gasteiger charge is -2.17. The summed E-state index contributed by atoms with van der Waals surface area (Å²) < 4.78 is 0. The van der Waals surface area contributed by atoms with Crippen LogP contribution in [0.5, 0.6) is 0 Å². The number of nitrogens with zero attached hydrogens (tertiary/aromatic N) is 2. The van der Waals surface area contributed by atoms with Crippen LogP contribution < -0.4 is 11.1 Å². The highest BCUT2D eigenvalue weighted by Crippen LogP contribution is 2.18. The lowest BCUT2D eigenvalue weighted by molar-refractivity contribution is 0.100. The molecule has 2 aromatic rings. The van der Waals surface area contributed by atoms with Gasteiger partial charge in [-0.1, -0.05) is 19.9 Å². The fourth-order valence-corrected chi connectivity index (χ4v) is 2.19. The Kier molecular flexibility index (Phi) is 4.57. The number of anilines is 1. The summed E-state index contributed by atoms with van der Waals surface area (Å²) in [6, 6.07) is 5.36. The van der Waals surface area contributed by atoms with Crippen molar-refractivity contribution in [2.24, 2.45) is 5.73 Å². The number of rotatable bonds is 7. The molecular formula is C14H21N5O. The summed E-state index contributed by atoms with van der Waals surface area (Å²) in [5.41, 5.74) is 7.21. The minimum Gasteiger partial charge on any atom is -0.366 e. The van der Waals surface area contributed by atoms with Gasteiger partial charge in [0.25, 0.3) is 5.91 Å². The summed E-state index contributed by atoms with van der Waals surface area (Å²) >= 11 is 0. The minimum atomic E-state index is -0.461. The van der Waals surface area contributed by atoms with E-state index in [9.17, 15) is 4.79 Å². The van der Waals surface area contributed by atoms with E-state index in [1.165, 1.54) is 0 Å². The molecule has 20 heavy (non-hydrogen) atoms. The zero-order chi connectivity index (χ0) is 14.5. The molecular weight excluding hydrogens is 254 g/mol. The predicted octanol–water partition coefficient (Wildman–Crippen LogP) is 1.42. The number of aromatic nitrogens is 2. The predicted molar refractivity (Wildman–Crippen MR) is 80.9 cm³/mol. The van der Waals surface area contributed by atoms with Crippen LogP contribution in [0.3, 0.4) is 0 Å².